The smallest absolute Gasteiger partial charge is 0.316 e. The Labute approximate surface area is 165 Å². The summed E-state index contributed by atoms with van der Waals surface area (Å²) in [5, 5.41) is 11.3. The van der Waals surface area contributed by atoms with E-state index in [2.05, 4.69) is 27.1 Å². The normalized spacial score (nSPS) is 14.0. The molecule has 1 atom stereocenters. The van der Waals surface area contributed by atoms with Gasteiger partial charge in [0.2, 0.25) is 5.91 Å². The predicted molar refractivity (Wildman–Crippen MR) is 104 cm³/mol. The van der Waals surface area contributed by atoms with E-state index in [0.717, 1.165) is 29.5 Å². The predicted octanol–water partition coefficient (Wildman–Crippen LogP) is 2.94. The third-order valence-corrected chi connectivity index (χ3v) is 4.63. The molecule has 1 unspecified atom stereocenters. The lowest BCUT2D eigenvalue weighted by Gasteiger charge is -2.24. The maximum Gasteiger partial charge on any atom is 0.316 e. The van der Waals surface area contributed by atoms with Gasteiger partial charge in [0.25, 0.3) is 0 Å². The van der Waals surface area contributed by atoms with Crippen LogP contribution in [0.5, 0.6) is 6.01 Å². The van der Waals surface area contributed by atoms with E-state index >= 15 is 0 Å². The van der Waals surface area contributed by atoms with Gasteiger partial charge in [0.15, 0.2) is 0 Å². The third-order valence-electron chi connectivity index (χ3n) is 4.63. The Bertz CT molecular complexity index is 901. The lowest BCUT2D eigenvalue weighted by Crippen LogP contribution is -2.26. The number of carbonyl (C=O) groups excluding carboxylic acids is 1. The molecule has 1 aliphatic rings. The van der Waals surface area contributed by atoms with Crippen LogP contribution in [0.25, 0.3) is 0 Å². The van der Waals surface area contributed by atoms with Gasteiger partial charge in [-0.15, -0.1) is 0 Å². The average Bonchev–Trinajstić information content (AvgIpc) is 2.69. The third kappa shape index (κ3) is 5.56. The van der Waals surface area contributed by atoms with Crippen molar-refractivity contribution in [3.63, 3.8) is 0 Å². The van der Waals surface area contributed by atoms with Gasteiger partial charge in [-0.1, -0.05) is 30.9 Å². The maximum atomic E-state index is 11.4. The summed E-state index contributed by atoms with van der Waals surface area (Å²) < 4.78 is 5.64. The number of amides is 1. The van der Waals surface area contributed by atoms with Gasteiger partial charge in [-0.05, 0) is 42.9 Å². The zero-order chi connectivity index (χ0) is 19.8. The Kier molecular flexibility index (Phi) is 6.59. The molecule has 1 aromatic heterocycles. The molecule has 1 aliphatic carbocycles. The molecule has 0 spiro atoms. The molecule has 0 radical (unpaired) electrons. The highest BCUT2D eigenvalue weighted by Gasteiger charge is 2.19. The van der Waals surface area contributed by atoms with Crippen LogP contribution in [0.15, 0.2) is 36.7 Å². The number of aromatic nitrogens is 2. The largest absolute Gasteiger partial charge is 0.460 e. The van der Waals surface area contributed by atoms with Gasteiger partial charge in [-0.2, -0.15) is 5.26 Å². The van der Waals surface area contributed by atoms with Crippen molar-refractivity contribution in [2.75, 3.05) is 6.54 Å². The number of hydrogen-bond donors (Lipinski definition) is 1. The summed E-state index contributed by atoms with van der Waals surface area (Å²) in [5.41, 5.74) is 2.72. The Hall–Kier alpha value is -3.38. The Morgan fingerprint density at radius 2 is 1.89 bits per heavy atom. The summed E-state index contributed by atoms with van der Waals surface area (Å²) in [7, 11) is 0. The number of nitrogens with one attached hydrogen (secondary N) is 1. The summed E-state index contributed by atoms with van der Waals surface area (Å²) in [5.74, 6) is 6.06. The van der Waals surface area contributed by atoms with Crippen molar-refractivity contribution < 1.29 is 9.53 Å². The molecule has 0 aliphatic heterocycles. The Morgan fingerprint density at radius 1 is 1.21 bits per heavy atom. The highest BCUT2D eigenvalue weighted by molar-refractivity contribution is 5.78. The van der Waals surface area contributed by atoms with E-state index in [4.69, 9.17) is 10.00 Å². The second kappa shape index (κ2) is 9.53. The molecule has 1 fully saturated rings. The minimum absolute atomic E-state index is 0.112. The van der Waals surface area contributed by atoms with Gasteiger partial charge >= 0.3 is 6.01 Å². The van der Waals surface area contributed by atoms with Crippen LogP contribution in [0.3, 0.4) is 0 Å². The molecule has 2 aromatic rings. The van der Waals surface area contributed by atoms with E-state index in [1.807, 2.05) is 37.3 Å². The fourth-order valence-corrected chi connectivity index (χ4v) is 2.64. The molecule has 3 rings (SSSR count). The standard InChI is InChI=1S/C22H22N4O2/c1-16(13-24-21(27)11-12-23)19-9-7-17(8-10-19)5-6-18-14-25-22(26-15-18)28-20-3-2-4-20/h7-10,14-16,20H,2-4,11,13H2,1H3,(H,24,27). The zero-order valence-corrected chi connectivity index (χ0v) is 15.8. The van der Waals surface area contributed by atoms with Crippen molar-refractivity contribution in [3.8, 4) is 23.9 Å². The average molecular weight is 374 g/mol. The molecule has 1 heterocycles. The van der Waals surface area contributed by atoms with Crippen LogP contribution in [-0.2, 0) is 4.79 Å². The summed E-state index contributed by atoms with van der Waals surface area (Å²) in [6.45, 7) is 2.52. The second-order valence-electron chi connectivity index (χ2n) is 6.84. The second-order valence-corrected chi connectivity index (χ2v) is 6.84. The lowest BCUT2D eigenvalue weighted by molar-refractivity contribution is -0.120. The topological polar surface area (TPSA) is 87.9 Å². The van der Waals surface area contributed by atoms with E-state index in [0.29, 0.717) is 12.6 Å². The summed E-state index contributed by atoms with van der Waals surface area (Å²) in [6, 6.07) is 10.1. The molecular weight excluding hydrogens is 352 g/mol. The zero-order valence-electron chi connectivity index (χ0n) is 15.8. The first kappa shape index (κ1) is 19.4. The molecule has 1 saturated carbocycles. The Morgan fingerprint density at radius 3 is 2.50 bits per heavy atom. The van der Waals surface area contributed by atoms with Gasteiger partial charge in [-0.25, -0.2) is 9.97 Å². The molecule has 0 bridgehead atoms. The number of nitrogens with zero attached hydrogens (tertiary/aromatic N) is 3. The molecular formula is C22H22N4O2. The first-order valence-corrected chi connectivity index (χ1v) is 9.38. The summed E-state index contributed by atoms with van der Waals surface area (Å²) >= 11 is 0. The molecule has 1 N–H and O–H groups in total. The van der Waals surface area contributed by atoms with Crippen molar-refractivity contribution in [2.24, 2.45) is 0 Å². The molecule has 142 valence electrons. The molecule has 1 aromatic carbocycles. The number of carbonyl (C=O) groups is 1. The van der Waals surface area contributed by atoms with Crippen molar-refractivity contribution in [2.45, 2.75) is 44.6 Å². The van der Waals surface area contributed by atoms with Crippen LogP contribution in [0.2, 0.25) is 0 Å². The molecule has 6 heteroatoms. The fourth-order valence-electron chi connectivity index (χ4n) is 2.64. The first-order valence-electron chi connectivity index (χ1n) is 9.38. The molecule has 1 amide bonds. The van der Waals surface area contributed by atoms with Crippen LogP contribution < -0.4 is 10.1 Å². The number of benzene rings is 1. The van der Waals surface area contributed by atoms with Crippen molar-refractivity contribution in [3.05, 3.63) is 53.3 Å². The van der Waals surface area contributed by atoms with Gasteiger partial charge in [0.1, 0.15) is 12.5 Å². The number of ether oxygens (including phenoxy) is 1. The van der Waals surface area contributed by atoms with Crippen LogP contribution >= 0.6 is 0 Å². The van der Waals surface area contributed by atoms with Gasteiger partial charge in [0, 0.05) is 24.5 Å². The van der Waals surface area contributed by atoms with Crippen molar-refractivity contribution in [1.82, 2.24) is 15.3 Å². The number of nitriles is 1. The van der Waals surface area contributed by atoms with Crippen molar-refractivity contribution in [1.29, 1.82) is 5.26 Å². The summed E-state index contributed by atoms with van der Waals surface area (Å²) in [4.78, 5) is 19.8. The number of hydrogen-bond acceptors (Lipinski definition) is 5. The minimum atomic E-state index is -0.247. The fraction of sp³-hybridized carbons (Fsp3) is 0.364. The Balaban J connectivity index is 1.54. The molecule has 0 saturated heterocycles. The quantitative estimate of drug-likeness (QED) is 0.786. The molecule has 28 heavy (non-hydrogen) atoms. The first-order chi connectivity index (χ1) is 13.6. The lowest BCUT2D eigenvalue weighted by atomic mass is 9.96. The van der Waals surface area contributed by atoms with Crippen molar-refractivity contribution >= 4 is 5.91 Å². The van der Waals surface area contributed by atoms with E-state index in [1.54, 1.807) is 12.4 Å². The van der Waals surface area contributed by atoms with E-state index in [-0.39, 0.29) is 24.3 Å². The van der Waals surface area contributed by atoms with Crippen LogP contribution in [0, 0.1) is 23.2 Å². The van der Waals surface area contributed by atoms with E-state index in [1.165, 1.54) is 6.42 Å². The highest BCUT2D eigenvalue weighted by Crippen LogP contribution is 2.22. The monoisotopic (exact) mass is 374 g/mol. The van der Waals surface area contributed by atoms with E-state index in [9.17, 15) is 4.79 Å². The van der Waals surface area contributed by atoms with Crippen LogP contribution in [-0.4, -0.2) is 28.5 Å². The summed E-state index contributed by atoms with van der Waals surface area (Å²) in [6.07, 6.45) is 6.86. The number of rotatable bonds is 6. The molecule has 6 nitrogen and oxygen atoms in total. The van der Waals surface area contributed by atoms with Gasteiger partial charge in [-0.3, -0.25) is 4.79 Å². The van der Waals surface area contributed by atoms with Crippen LogP contribution in [0.1, 0.15) is 55.2 Å². The minimum Gasteiger partial charge on any atom is -0.460 e. The maximum absolute atomic E-state index is 11.4. The van der Waals surface area contributed by atoms with Gasteiger partial charge < -0.3 is 10.1 Å². The van der Waals surface area contributed by atoms with E-state index < -0.39 is 0 Å². The van der Waals surface area contributed by atoms with Crippen LogP contribution in [0.4, 0.5) is 0 Å². The SMILES string of the molecule is CC(CNC(=O)CC#N)c1ccc(C#Cc2cnc(OC3CCC3)nc2)cc1. The highest BCUT2D eigenvalue weighted by atomic mass is 16.5. The van der Waals surface area contributed by atoms with Gasteiger partial charge in [0.05, 0.1) is 11.6 Å².